The van der Waals surface area contributed by atoms with Gasteiger partial charge in [0.05, 0.1) is 5.60 Å². The Hall–Kier alpha value is 0.660. The normalized spacial score (nSPS) is 50.3. The van der Waals surface area contributed by atoms with Crippen molar-refractivity contribution in [1.29, 1.82) is 0 Å². The molecule has 1 N–H and O–H groups in total. The first-order chi connectivity index (χ1) is 7.89. The second-order valence-corrected chi connectivity index (χ2v) is 6.82. The van der Waals surface area contributed by atoms with E-state index in [0.29, 0.717) is 24.2 Å². The number of hydrogen-bond acceptors (Lipinski definition) is 2. The molecule has 3 aliphatic rings. The van der Waals surface area contributed by atoms with Gasteiger partial charge >= 0.3 is 29.6 Å². The van der Waals surface area contributed by atoms with Gasteiger partial charge in [-0.2, -0.15) is 0 Å². The monoisotopic (exact) mass is 260 g/mol. The molecule has 3 heteroatoms. The van der Waals surface area contributed by atoms with E-state index in [0.717, 1.165) is 6.42 Å². The van der Waals surface area contributed by atoms with Gasteiger partial charge in [-0.1, -0.05) is 32.9 Å². The number of fused-ring (bicyclic) bond motifs is 1. The third kappa shape index (κ3) is 1.80. The van der Waals surface area contributed by atoms with E-state index in [1.54, 1.807) is 0 Å². The van der Waals surface area contributed by atoms with Gasteiger partial charge in [0.2, 0.25) is 0 Å². The number of hydrogen-bond donors (Lipinski definition) is 1. The van der Waals surface area contributed by atoms with E-state index in [1.807, 2.05) is 0 Å². The molecule has 2 heterocycles. The fourth-order valence-corrected chi connectivity index (χ4v) is 4.64. The zero-order valence-corrected chi connectivity index (χ0v) is 11.2. The van der Waals surface area contributed by atoms with Crippen LogP contribution >= 0.6 is 0 Å². The summed E-state index contributed by atoms with van der Waals surface area (Å²) < 4.78 is 6.25. The predicted molar refractivity (Wildman–Crippen MR) is 74.5 cm³/mol. The summed E-state index contributed by atoms with van der Waals surface area (Å²) in [4.78, 5) is 0. The molecule has 1 aliphatic carbocycles. The molecule has 2 aliphatic heterocycles. The molecule has 3 fully saturated rings. The fraction of sp³-hybridized carbons (Fsp3) is 0.867. The van der Waals surface area contributed by atoms with Crippen molar-refractivity contribution in [2.75, 3.05) is 0 Å². The molecule has 0 unspecified atom stereocenters. The van der Waals surface area contributed by atoms with Crippen LogP contribution in [0.25, 0.3) is 0 Å². The summed E-state index contributed by atoms with van der Waals surface area (Å²) in [5, 5.41) is 10.8. The number of aliphatic hydroxyl groups is 1. The van der Waals surface area contributed by atoms with Gasteiger partial charge in [-0.05, 0) is 31.1 Å². The average molecular weight is 260 g/mol. The molecule has 2 bridgehead atoms. The molecule has 1 spiro atoms. The van der Waals surface area contributed by atoms with Crippen LogP contribution < -0.4 is 0 Å². The molecule has 2 nitrogen and oxygen atoms in total. The topological polar surface area (TPSA) is 29.5 Å². The third-order valence-corrected chi connectivity index (χ3v) is 5.58. The molecule has 0 amide bonds. The maximum absolute atomic E-state index is 10.8. The zero-order chi connectivity index (χ0) is 12.4. The molecular weight excluding hydrogens is 235 g/mol. The summed E-state index contributed by atoms with van der Waals surface area (Å²) in [6.07, 6.45) is 4.08. The molecule has 0 radical (unpaired) electrons. The minimum atomic E-state index is -0.930. The standard InChI is InChI=1S/C15H24O2.Na.H/c1-9(2)13-8-14-11(4)5-6-12(14)10(3)7-15(13,16)17-14;;/h9,11-13,16H,3,5-8H2,1-2,4H3;;/t11-,12-,13-,14-,15-;;/m0../s1. The van der Waals surface area contributed by atoms with E-state index >= 15 is 0 Å². The van der Waals surface area contributed by atoms with Gasteiger partial charge in [-0.25, -0.2) is 0 Å². The van der Waals surface area contributed by atoms with Crippen molar-refractivity contribution in [2.45, 2.75) is 57.8 Å². The number of ether oxygens (including phenoxy) is 1. The molecule has 0 aromatic rings. The van der Waals surface area contributed by atoms with Gasteiger partial charge in [0.15, 0.2) is 5.79 Å². The van der Waals surface area contributed by atoms with Gasteiger partial charge in [0.25, 0.3) is 0 Å². The van der Waals surface area contributed by atoms with Crippen LogP contribution in [0.5, 0.6) is 0 Å². The van der Waals surface area contributed by atoms with Gasteiger partial charge in [-0.15, -0.1) is 0 Å². The Morgan fingerprint density at radius 1 is 1.39 bits per heavy atom. The van der Waals surface area contributed by atoms with Gasteiger partial charge < -0.3 is 9.84 Å². The van der Waals surface area contributed by atoms with Crippen LogP contribution in [0, 0.1) is 23.7 Å². The second kappa shape index (κ2) is 4.60. The summed E-state index contributed by atoms with van der Waals surface area (Å²) in [5.41, 5.74) is 1.13. The zero-order valence-electron chi connectivity index (χ0n) is 11.2. The Morgan fingerprint density at radius 2 is 2.06 bits per heavy atom. The molecule has 0 aromatic carbocycles. The molecule has 98 valence electrons. The Kier molecular flexibility index (Phi) is 3.84. The average Bonchev–Trinajstić information content (AvgIpc) is 2.65. The van der Waals surface area contributed by atoms with E-state index < -0.39 is 5.79 Å². The summed E-state index contributed by atoms with van der Waals surface area (Å²) in [6, 6.07) is 0. The van der Waals surface area contributed by atoms with Crippen LogP contribution in [-0.4, -0.2) is 46.1 Å². The van der Waals surface area contributed by atoms with Crippen molar-refractivity contribution in [1.82, 2.24) is 0 Å². The minimum absolute atomic E-state index is 0. The third-order valence-electron chi connectivity index (χ3n) is 5.58. The van der Waals surface area contributed by atoms with Crippen LogP contribution in [0.1, 0.15) is 46.5 Å². The summed E-state index contributed by atoms with van der Waals surface area (Å²) in [7, 11) is 0. The SMILES string of the molecule is C=C1C[C@]2(O)O[C@@]3(C[C@H]2C(C)C)[C@@H](C)CC[C@@H]13.[NaH]. The van der Waals surface area contributed by atoms with Crippen LogP contribution in [0.3, 0.4) is 0 Å². The van der Waals surface area contributed by atoms with Gasteiger partial charge in [0, 0.05) is 18.3 Å². The van der Waals surface area contributed by atoms with Crippen molar-refractivity contribution in [2.24, 2.45) is 23.7 Å². The van der Waals surface area contributed by atoms with E-state index in [9.17, 15) is 5.11 Å². The molecule has 18 heavy (non-hydrogen) atoms. The molecule has 2 saturated heterocycles. The molecule has 5 atom stereocenters. The summed E-state index contributed by atoms with van der Waals surface area (Å²) >= 11 is 0. The van der Waals surface area contributed by atoms with Crippen LogP contribution in [0.15, 0.2) is 12.2 Å². The van der Waals surface area contributed by atoms with Crippen molar-refractivity contribution >= 4 is 29.6 Å². The second-order valence-electron chi connectivity index (χ2n) is 6.82. The Balaban J connectivity index is 0.00000120. The quantitative estimate of drug-likeness (QED) is 0.580. The van der Waals surface area contributed by atoms with Crippen molar-refractivity contribution in [3.63, 3.8) is 0 Å². The van der Waals surface area contributed by atoms with Gasteiger partial charge in [-0.3, -0.25) is 0 Å². The predicted octanol–water partition coefficient (Wildman–Crippen LogP) is 2.46. The first-order valence-electron chi connectivity index (χ1n) is 6.99. The van der Waals surface area contributed by atoms with Crippen molar-refractivity contribution < 1.29 is 9.84 Å². The van der Waals surface area contributed by atoms with E-state index in [1.165, 1.54) is 18.4 Å². The van der Waals surface area contributed by atoms with Crippen LogP contribution in [0.4, 0.5) is 0 Å². The fourth-order valence-electron chi connectivity index (χ4n) is 4.64. The van der Waals surface area contributed by atoms with Crippen LogP contribution in [0.2, 0.25) is 0 Å². The van der Waals surface area contributed by atoms with E-state index in [4.69, 9.17) is 4.74 Å². The van der Waals surface area contributed by atoms with Crippen molar-refractivity contribution in [3.05, 3.63) is 12.2 Å². The summed E-state index contributed by atoms with van der Waals surface area (Å²) in [6.45, 7) is 10.9. The maximum atomic E-state index is 10.8. The molecule has 3 rings (SSSR count). The van der Waals surface area contributed by atoms with Gasteiger partial charge in [0.1, 0.15) is 0 Å². The molecule has 0 aromatic heterocycles. The van der Waals surface area contributed by atoms with E-state index in [-0.39, 0.29) is 41.1 Å². The Bertz CT molecular complexity index is 368. The summed E-state index contributed by atoms with van der Waals surface area (Å²) in [5.74, 6) is 0.852. The van der Waals surface area contributed by atoms with Crippen molar-refractivity contribution in [3.8, 4) is 0 Å². The molecular formula is C15H25NaO2. The Labute approximate surface area is 132 Å². The first kappa shape index (κ1) is 15.1. The molecule has 1 saturated carbocycles. The van der Waals surface area contributed by atoms with Crippen LogP contribution in [-0.2, 0) is 4.74 Å². The first-order valence-corrected chi connectivity index (χ1v) is 6.99. The Morgan fingerprint density at radius 3 is 2.67 bits per heavy atom. The van der Waals surface area contributed by atoms with E-state index in [2.05, 4.69) is 27.4 Å². The number of rotatable bonds is 1.